The van der Waals surface area contributed by atoms with Gasteiger partial charge >= 0.3 is 6.09 Å². The zero-order chi connectivity index (χ0) is 26.0. The second-order valence-corrected chi connectivity index (χ2v) is 9.87. The van der Waals surface area contributed by atoms with Gasteiger partial charge in [-0.25, -0.2) is 9.78 Å². The number of rotatable bonds is 9. The fourth-order valence-corrected chi connectivity index (χ4v) is 3.81. The van der Waals surface area contributed by atoms with E-state index in [1.807, 2.05) is 69.4 Å². The second-order valence-electron chi connectivity index (χ2n) is 9.87. The lowest BCUT2D eigenvalue weighted by atomic mass is 10.1. The molecule has 0 unspecified atom stereocenters. The molecule has 0 fully saturated rings. The third-order valence-corrected chi connectivity index (χ3v) is 5.89. The van der Waals surface area contributed by atoms with Gasteiger partial charge in [-0.2, -0.15) is 0 Å². The van der Waals surface area contributed by atoms with Crippen LogP contribution in [0.25, 0.3) is 16.6 Å². The SMILES string of the molecule is CCN(CCN(C)C(=O)OC(C)(C)C)c1cc2ncn(CC(=O)c3cccc(C4=C[CH]4)c3)c(=O)c2[nH]1. The zero-order valence-corrected chi connectivity index (χ0v) is 21.4. The summed E-state index contributed by atoms with van der Waals surface area (Å²) in [4.78, 5) is 49.4. The lowest BCUT2D eigenvalue weighted by Crippen LogP contribution is -2.39. The van der Waals surface area contributed by atoms with Crippen LogP contribution >= 0.6 is 0 Å². The van der Waals surface area contributed by atoms with E-state index in [1.165, 1.54) is 15.8 Å². The van der Waals surface area contributed by atoms with E-state index in [9.17, 15) is 14.4 Å². The lowest BCUT2D eigenvalue weighted by Gasteiger charge is -2.27. The molecule has 2 heterocycles. The first kappa shape index (κ1) is 25.2. The van der Waals surface area contributed by atoms with E-state index in [2.05, 4.69) is 9.97 Å². The number of fused-ring (bicyclic) bond motifs is 1. The number of ketones is 1. The van der Waals surface area contributed by atoms with E-state index in [-0.39, 0.29) is 24.0 Å². The Labute approximate surface area is 210 Å². The summed E-state index contributed by atoms with van der Waals surface area (Å²) in [5, 5.41) is 0. The lowest BCUT2D eigenvalue weighted by molar-refractivity contribution is 0.0303. The smallest absolute Gasteiger partial charge is 0.410 e. The molecule has 1 aromatic carbocycles. The number of H-pyrrole nitrogens is 1. The Balaban J connectivity index is 1.47. The maximum atomic E-state index is 13.1. The molecule has 2 aromatic heterocycles. The van der Waals surface area contributed by atoms with Crippen LogP contribution in [-0.4, -0.2) is 63.6 Å². The molecule has 0 bridgehead atoms. The number of hydrogen-bond acceptors (Lipinski definition) is 6. The number of nitrogens with one attached hydrogen (secondary N) is 1. The predicted octanol–water partition coefficient (Wildman–Crippen LogP) is 3.90. The molecule has 0 saturated carbocycles. The van der Waals surface area contributed by atoms with Crippen LogP contribution in [0, 0.1) is 6.42 Å². The first-order chi connectivity index (χ1) is 17.1. The van der Waals surface area contributed by atoms with Gasteiger partial charge in [-0.3, -0.25) is 14.2 Å². The average Bonchev–Trinajstić information content (AvgIpc) is 3.59. The molecule has 36 heavy (non-hydrogen) atoms. The number of allylic oxidation sites excluding steroid dienone is 2. The van der Waals surface area contributed by atoms with Gasteiger partial charge in [-0.05, 0) is 44.9 Å². The highest BCUT2D eigenvalue weighted by Gasteiger charge is 2.21. The number of benzene rings is 1. The van der Waals surface area contributed by atoms with Gasteiger partial charge in [-0.1, -0.05) is 24.3 Å². The molecule has 0 saturated heterocycles. The van der Waals surface area contributed by atoms with Crippen LogP contribution in [0.1, 0.15) is 43.6 Å². The number of Topliss-reactive ketones (excluding diaryl/α,β-unsaturated/α-hetero) is 1. The molecule has 9 heteroatoms. The van der Waals surface area contributed by atoms with Crippen molar-refractivity contribution in [2.24, 2.45) is 0 Å². The van der Waals surface area contributed by atoms with Crippen molar-refractivity contribution in [1.29, 1.82) is 0 Å². The first-order valence-corrected chi connectivity index (χ1v) is 12.0. The summed E-state index contributed by atoms with van der Waals surface area (Å²) in [6, 6.07) is 9.21. The largest absolute Gasteiger partial charge is 0.444 e. The van der Waals surface area contributed by atoms with Crippen LogP contribution < -0.4 is 10.5 Å². The molecule has 189 valence electrons. The average molecular weight is 491 g/mol. The van der Waals surface area contributed by atoms with E-state index < -0.39 is 5.60 Å². The maximum Gasteiger partial charge on any atom is 0.410 e. The number of aromatic amines is 1. The summed E-state index contributed by atoms with van der Waals surface area (Å²) < 4.78 is 6.73. The Morgan fingerprint density at radius 2 is 1.92 bits per heavy atom. The quantitative estimate of drug-likeness (QED) is 0.457. The topological polar surface area (TPSA) is 101 Å². The first-order valence-electron chi connectivity index (χ1n) is 12.0. The van der Waals surface area contributed by atoms with E-state index in [1.54, 1.807) is 13.1 Å². The number of likely N-dealkylation sites (N-methyl/N-ethyl adjacent to an activating group) is 2. The maximum absolute atomic E-state index is 13.1. The summed E-state index contributed by atoms with van der Waals surface area (Å²) in [5.41, 5.74) is 2.65. The van der Waals surface area contributed by atoms with Crippen molar-refractivity contribution < 1.29 is 14.3 Å². The van der Waals surface area contributed by atoms with Gasteiger partial charge in [0.25, 0.3) is 5.56 Å². The Morgan fingerprint density at radius 3 is 2.58 bits per heavy atom. The van der Waals surface area contributed by atoms with Gasteiger partial charge in [0.1, 0.15) is 16.9 Å². The highest BCUT2D eigenvalue weighted by molar-refractivity contribution is 5.98. The van der Waals surface area contributed by atoms with Gasteiger partial charge in [0.2, 0.25) is 0 Å². The number of hydrogen-bond donors (Lipinski definition) is 1. The molecule has 3 aromatic rings. The standard InChI is InChI=1S/C27H32N5O4/c1-6-31(13-12-30(5)26(35)36-27(2,3)4)23-15-21-24(29-23)25(34)32(17-28-21)16-22(33)20-9-7-8-19(14-20)18-10-11-18/h7-11,14-15,17,29H,6,12-13,16H2,1-5H3. The van der Waals surface area contributed by atoms with E-state index in [0.29, 0.717) is 36.2 Å². The highest BCUT2D eigenvalue weighted by Crippen LogP contribution is 2.29. The Bertz CT molecular complexity index is 1380. The minimum Gasteiger partial charge on any atom is -0.444 e. The molecule has 1 amide bonds. The van der Waals surface area contributed by atoms with Crippen molar-refractivity contribution in [3.05, 3.63) is 70.6 Å². The minimum atomic E-state index is -0.559. The predicted molar refractivity (Wildman–Crippen MR) is 140 cm³/mol. The van der Waals surface area contributed by atoms with Crippen molar-refractivity contribution in [3.63, 3.8) is 0 Å². The van der Waals surface area contributed by atoms with E-state index in [4.69, 9.17) is 4.74 Å². The zero-order valence-electron chi connectivity index (χ0n) is 21.4. The Hall–Kier alpha value is -3.88. The molecule has 1 radical (unpaired) electrons. The van der Waals surface area contributed by atoms with Crippen molar-refractivity contribution in [3.8, 4) is 0 Å². The summed E-state index contributed by atoms with van der Waals surface area (Å²) in [7, 11) is 1.69. The van der Waals surface area contributed by atoms with Crippen LogP contribution in [0.15, 0.2) is 47.5 Å². The molecule has 0 aliphatic heterocycles. The van der Waals surface area contributed by atoms with Crippen LogP contribution in [0.4, 0.5) is 10.6 Å². The molecule has 9 nitrogen and oxygen atoms in total. The molecule has 1 N–H and O–H groups in total. The summed E-state index contributed by atoms with van der Waals surface area (Å²) in [5.74, 6) is 0.564. The third-order valence-electron chi connectivity index (χ3n) is 5.89. The van der Waals surface area contributed by atoms with Crippen molar-refractivity contribution in [2.75, 3.05) is 31.6 Å². The molecule has 1 aliphatic carbocycles. The fraction of sp³-hybridized carbons (Fsp3) is 0.370. The summed E-state index contributed by atoms with van der Waals surface area (Å²) in [6.45, 7) is 9.03. The Morgan fingerprint density at radius 1 is 1.17 bits per heavy atom. The number of amides is 1. The molecule has 4 rings (SSSR count). The van der Waals surface area contributed by atoms with Crippen LogP contribution in [-0.2, 0) is 11.3 Å². The van der Waals surface area contributed by atoms with Gasteiger partial charge in [-0.15, -0.1) is 0 Å². The third kappa shape index (κ3) is 5.84. The van der Waals surface area contributed by atoms with Gasteiger partial charge < -0.3 is 19.5 Å². The number of anilines is 1. The van der Waals surface area contributed by atoms with Crippen molar-refractivity contribution >= 4 is 34.3 Å². The Kier molecular flexibility index (Phi) is 7.01. The van der Waals surface area contributed by atoms with Crippen LogP contribution in [0.3, 0.4) is 0 Å². The number of ether oxygens (including phenoxy) is 1. The highest BCUT2D eigenvalue weighted by atomic mass is 16.6. The second kappa shape index (κ2) is 10.0. The van der Waals surface area contributed by atoms with E-state index in [0.717, 1.165) is 17.0 Å². The van der Waals surface area contributed by atoms with Crippen LogP contribution in [0.5, 0.6) is 0 Å². The number of aromatic nitrogens is 3. The monoisotopic (exact) mass is 490 g/mol. The van der Waals surface area contributed by atoms with E-state index >= 15 is 0 Å². The normalized spacial score (nSPS) is 12.9. The van der Waals surface area contributed by atoms with Crippen molar-refractivity contribution in [1.82, 2.24) is 19.4 Å². The van der Waals surface area contributed by atoms with Gasteiger partial charge in [0.15, 0.2) is 5.78 Å². The van der Waals surface area contributed by atoms with Crippen LogP contribution in [0.2, 0.25) is 0 Å². The molecule has 1 aliphatic rings. The number of carbonyl (C=O) groups is 2. The molecule has 0 spiro atoms. The van der Waals surface area contributed by atoms with Gasteiger partial charge in [0, 0.05) is 44.7 Å². The molecular weight excluding hydrogens is 458 g/mol. The summed E-state index contributed by atoms with van der Waals surface area (Å²) >= 11 is 0. The molecular formula is C27H32N5O4. The fourth-order valence-electron chi connectivity index (χ4n) is 3.81. The van der Waals surface area contributed by atoms with Gasteiger partial charge in [0.05, 0.1) is 18.4 Å². The number of nitrogens with zero attached hydrogens (tertiary/aromatic N) is 4. The summed E-state index contributed by atoms with van der Waals surface area (Å²) in [6.07, 6.45) is 5.00. The molecule has 0 atom stereocenters. The number of carbonyl (C=O) groups excluding carboxylic acids is 2. The minimum absolute atomic E-state index is 0.0967. The van der Waals surface area contributed by atoms with Crippen molar-refractivity contribution in [2.45, 2.75) is 39.8 Å².